The van der Waals surface area contributed by atoms with Gasteiger partial charge in [-0.05, 0) is 24.6 Å². The van der Waals surface area contributed by atoms with Crippen LogP contribution in [0.5, 0.6) is 0 Å². The number of amides is 1. The fourth-order valence-electron chi connectivity index (χ4n) is 2.46. The van der Waals surface area contributed by atoms with Crippen molar-refractivity contribution in [3.8, 4) is 0 Å². The Labute approximate surface area is 123 Å². The molecule has 1 saturated heterocycles. The lowest BCUT2D eigenvalue weighted by atomic mass is 10.1. The molecule has 0 radical (unpaired) electrons. The van der Waals surface area contributed by atoms with E-state index in [0.29, 0.717) is 25.3 Å². The van der Waals surface area contributed by atoms with Gasteiger partial charge in [-0.1, -0.05) is 6.07 Å². The second kappa shape index (κ2) is 6.01. The van der Waals surface area contributed by atoms with Crippen molar-refractivity contribution in [1.82, 2.24) is 14.9 Å². The molecule has 0 N–H and O–H groups in total. The lowest BCUT2D eigenvalue weighted by Crippen LogP contribution is -2.42. The van der Waals surface area contributed by atoms with Crippen LogP contribution in [0.2, 0.25) is 0 Å². The first kappa shape index (κ1) is 13.7. The van der Waals surface area contributed by atoms with E-state index >= 15 is 0 Å². The Morgan fingerprint density at radius 3 is 3.00 bits per heavy atom. The Morgan fingerprint density at radius 1 is 1.33 bits per heavy atom. The summed E-state index contributed by atoms with van der Waals surface area (Å²) >= 11 is 0. The van der Waals surface area contributed by atoms with E-state index in [1.807, 2.05) is 30.0 Å². The number of carbonyl (C=O) groups is 1. The van der Waals surface area contributed by atoms with Crippen LogP contribution >= 0.6 is 0 Å². The van der Waals surface area contributed by atoms with Crippen molar-refractivity contribution >= 4 is 5.91 Å². The molecule has 2 aromatic rings. The Morgan fingerprint density at radius 2 is 2.24 bits per heavy atom. The van der Waals surface area contributed by atoms with Gasteiger partial charge in [0.2, 0.25) is 0 Å². The quantitative estimate of drug-likeness (QED) is 0.846. The van der Waals surface area contributed by atoms with E-state index in [-0.39, 0.29) is 12.0 Å². The summed E-state index contributed by atoms with van der Waals surface area (Å²) in [6.45, 7) is 3.61. The first-order chi connectivity index (χ1) is 10.2. The summed E-state index contributed by atoms with van der Waals surface area (Å²) in [5.41, 5.74) is 2.61. The third kappa shape index (κ3) is 3.08. The van der Waals surface area contributed by atoms with E-state index < -0.39 is 0 Å². The zero-order valence-corrected chi connectivity index (χ0v) is 11.9. The van der Waals surface area contributed by atoms with Gasteiger partial charge < -0.3 is 9.64 Å². The maximum Gasteiger partial charge on any atom is 0.255 e. The van der Waals surface area contributed by atoms with E-state index in [9.17, 15) is 4.79 Å². The molecule has 1 amide bonds. The number of rotatable bonds is 2. The molecule has 0 aliphatic carbocycles. The highest BCUT2D eigenvalue weighted by atomic mass is 16.5. The number of morpholine rings is 1. The van der Waals surface area contributed by atoms with Crippen molar-refractivity contribution < 1.29 is 9.53 Å². The Kier molecular flexibility index (Phi) is 3.92. The fourth-order valence-corrected chi connectivity index (χ4v) is 2.46. The Hall–Kier alpha value is -2.27. The van der Waals surface area contributed by atoms with Crippen LogP contribution in [0.4, 0.5) is 0 Å². The number of hydrogen-bond acceptors (Lipinski definition) is 4. The summed E-state index contributed by atoms with van der Waals surface area (Å²) in [4.78, 5) is 22.6. The minimum Gasteiger partial charge on any atom is -0.370 e. The molecule has 0 spiro atoms. The van der Waals surface area contributed by atoms with Crippen LogP contribution in [0, 0.1) is 6.92 Å². The molecular formula is C16H17N3O2. The van der Waals surface area contributed by atoms with Crippen LogP contribution in [-0.2, 0) is 4.74 Å². The molecule has 0 aromatic carbocycles. The maximum absolute atomic E-state index is 12.5. The number of aryl methyl sites for hydroxylation is 1. The average molecular weight is 283 g/mol. The summed E-state index contributed by atoms with van der Waals surface area (Å²) in [5.74, 6) is 0.00314. The van der Waals surface area contributed by atoms with Crippen LogP contribution < -0.4 is 0 Å². The smallest absolute Gasteiger partial charge is 0.255 e. The van der Waals surface area contributed by atoms with Crippen molar-refractivity contribution in [1.29, 1.82) is 0 Å². The van der Waals surface area contributed by atoms with Crippen molar-refractivity contribution in [3.63, 3.8) is 0 Å². The van der Waals surface area contributed by atoms with Gasteiger partial charge in [-0.3, -0.25) is 14.8 Å². The van der Waals surface area contributed by atoms with Crippen molar-refractivity contribution in [3.05, 3.63) is 59.7 Å². The third-order valence-electron chi connectivity index (χ3n) is 3.53. The molecule has 21 heavy (non-hydrogen) atoms. The van der Waals surface area contributed by atoms with Gasteiger partial charge in [0.25, 0.3) is 5.91 Å². The van der Waals surface area contributed by atoms with Crippen molar-refractivity contribution in [2.75, 3.05) is 19.7 Å². The lowest BCUT2D eigenvalue weighted by molar-refractivity contribution is -0.0229. The number of pyridine rings is 2. The Balaban J connectivity index is 1.75. The first-order valence-electron chi connectivity index (χ1n) is 6.96. The first-order valence-corrected chi connectivity index (χ1v) is 6.96. The predicted molar refractivity (Wildman–Crippen MR) is 77.8 cm³/mol. The van der Waals surface area contributed by atoms with E-state index in [0.717, 1.165) is 11.1 Å². The molecule has 1 aliphatic rings. The topological polar surface area (TPSA) is 55.3 Å². The molecule has 0 saturated carbocycles. The molecule has 0 bridgehead atoms. The molecule has 5 heteroatoms. The molecule has 5 nitrogen and oxygen atoms in total. The Bertz CT molecular complexity index is 630. The molecular weight excluding hydrogens is 266 g/mol. The zero-order valence-electron chi connectivity index (χ0n) is 11.9. The van der Waals surface area contributed by atoms with E-state index in [2.05, 4.69) is 9.97 Å². The summed E-state index contributed by atoms with van der Waals surface area (Å²) in [6.07, 6.45) is 6.76. The van der Waals surface area contributed by atoms with Crippen LogP contribution in [0.25, 0.3) is 0 Å². The number of nitrogens with zero attached hydrogens (tertiary/aromatic N) is 3. The van der Waals surface area contributed by atoms with Crippen molar-refractivity contribution in [2.45, 2.75) is 13.0 Å². The van der Waals surface area contributed by atoms with Crippen LogP contribution in [-0.4, -0.2) is 40.5 Å². The van der Waals surface area contributed by atoms with Gasteiger partial charge in [0.1, 0.15) is 6.10 Å². The van der Waals surface area contributed by atoms with Crippen LogP contribution in [0.1, 0.15) is 27.6 Å². The number of hydrogen-bond donors (Lipinski definition) is 0. The second-order valence-electron chi connectivity index (χ2n) is 5.15. The normalized spacial score (nSPS) is 18.5. The average Bonchev–Trinajstić information content (AvgIpc) is 2.55. The molecule has 108 valence electrons. The summed E-state index contributed by atoms with van der Waals surface area (Å²) in [7, 11) is 0. The standard InChI is InChI=1S/C16H17N3O2/c1-12-7-14(10-18-8-12)16(20)19-5-6-21-15(11-19)13-3-2-4-17-9-13/h2-4,7-10,15H,5-6,11H2,1H3. The van der Waals surface area contributed by atoms with E-state index in [1.54, 1.807) is 24.8 Å². The highest BCUT2D eigenvalue weighted by Crippen LogP contribution is 2.22. The zero-order chi connectivity index (χ0) is 14.7. The fraction of sp³-hybridized carbons (Fsp3) is 0.312. The largest absolute Gasteiger partial charge is 0.370 e. The minimum absolute atomic E-state index is 0.00314. The maximum atomic E-state index is 12.5. The van der Waals surface area contributed by atoms with Gasteiger partial charge in [-0.15, -0.1) is 0 Å². The molecule has 1 aliphatic heterocycles. The highest BCUT2D eigenvalue weighted by Gasteiger charge is 2.26. The van der Waals surface area contributed by atoms with E-state index in [4.69, 9.17) is 4.74 Å². The second-order valence-corrected chi connectivity index (χ2v) is 5.15. The van der Waals surface area contributed by atoms with Gasteiger partial charge in [0.05, 0.1) is 18.7 Å². The van der Waals surface area contributed by atoms with Gasteiger partial charge in [0.15, 0.2) is 0 Å². The molecule has 2 aromatic heterocycles. The van der Waals surface area contributed by atoms with Crippen LogP contribution in [0.3, 0.4) is 0 Å². The predicted octanol–water partition coefficient (Wildman–Crippen LogP) is 2.00. The van der Waals surface area contributed by atoms with E-state index in [1.165, 1.54) is 0 Å². The van der Waals surface area contributed by atoms with Gasteiger partial charge >= 0.3 is 0 Å². The van der Waals surface area contributed by atoms with Crippen molar-refractivity contribution in [2.24, 2.45) is 0 Å². The number of aromatic nitrogens is 2. The lowest BCUT2D eigenvalue weighted by Gasteiger charge is -2.33. The highest BCUT2D eigenvalue weighted by molar-refractivity contribution is 5.94. The number of ether oxygens (including phenoxy) is 1. The summed E-state index contributed by atoms with van der Waals surface area (Å²) in [5, 5.41) is 0. The SMILES string of the molecule is Cc1cncc(C(=O)N2CCOC(c3cccnc3)C2)c1. The van der Waals surface area contributed by atoms with Crippen LogP contribution in [0.15, 0.2) is 43.0 Å². The molecule has 1 unspecified atom stereocenters. The number of carbonyl (C=O) groups excluding carboxylic acids is 1. The molecule has 3 rings (SSSR count). The van der Waals surface area contributed by atoms with Gasteiger partial charge in [0, 0.05) is 36.9 Å². The third-order valence-corrected chi connectivity index (χ3v) is 3.53. The minimum atomic E-state index is -0.117. The molecule has 1 atom stereocenters. The monoisotopic (exact) mass is 283 g/mol. The summed E-state index contributed by atoms with van der Waals surface area (Å²) in [6, 6.07) is 5.72. The summed E-state index contributed by atoms with van der Waals surface area (Å²) < 4.78 is 5.75. The van der Waals surface area contributed by atoms with Gasteiger partial charge in [-0.2, -0.15) is 0 Å². The molecule has 1 fully saturated rings. The van der Waals surface area contributed by atoms with Gasteiger partial charge in [-0.25, -0.2) is 0 Å². The molecule has 3 heterocycles.